The molecule has 21 heavy (non-hydrogen) atoms. The number of nitrogens with one attached hydrogen (secondary N) is 1. The van der Waals surface area contributed by atoms with Gasteiger partial charge in [0.05, 0.1) is 18.8 Å². The minimum absolute atomic E-state index is 0.0459. The van der Waals surface area contributed by atoms with Crippen LogP contribution in [0.2, 0.25) is 0 Å². The average Bonchev–Trinajstić information content (AvgIpc) is 3.10. The number of hydrogen-bond donors (Lipinski definition) is 1. The van der Waals surface area contributed by atoms with Gasteiger partial charge in [0.15, 0.2) is 0 Å². The van der Waals surface area contributed by atoms with Crippen LogP contribution in [0.1, 0.15) is 51.2 Å². The van der Waals surface area contributed by atoms with E-state index >= 15 is 0 Å². The van der Waals surface area contributed by atoms with Crippen molar-refractivity contribution in [1.82, 2.24) is 10.2 Å². The molecule has 1 N–H and O–H groups in total. The first-order valence-corrected chi connectivity index (χ1v) is 7.96. The van der Waals surface area contributed by atoms with Crippen LogP contribution < -0.4 is 5.32 Å². The van der Waals surface area contributed by atoms with Crippen molar-refractivity contribution in [2.45, 2.75) is 64.1 Å². The summed E-state index contributed by atoms with van der Waals surface area (Å²) in [5.41, 5.74) is 0. The van der Waals surface area contributed by atoms with Gasteiger partial charge in [-0.1, -0.05) is 26.2 Å². The van der Waals surface area contributed by atoms with E-state index in [-0.39, 0.29) is 12.1 Å². The summed E-state index contributed by atoms with van der Waals surface area (Å²) in [6, 6.07) is 4.11. The summed E-state index contributed by atoms with van der Waals surface area (Å²) < 4.78 is 5.36. The van der Waals surface area contributed by atoms with Crippen LogP contribution in [0.3, 0.4) is 0 Å². The van der Waals surface area contributed by atoms with E-state index in [1.54, 1.807) is 11.2 Å². The Labute approximate surface area is 125 Å². The maximum atomic E-state index is 12.2. The standard InChI is InChI=1S/C16H23N3O2/c1-2-14-15(17-12-7-4-3-5-8-12)18-16(20)19(14)11-13-9-6-10-21-13/h6,9-10,12,14H,2-5,7-8,11H2,1H3,(H,17,18,20). The lowest BCUT2D eigenvalue weighted by atomic mass is 9.95. The van der Waals surface area contributed by atoms with Crippen LogP contribution in [-0.2, 0) is 6.54 Å². The average molecular weight is 289 g/mol. The molecule has 0 spiro atoms. The Hall–Kier alpha value is -1.78. The molecule has 1 fully saturated rings. The number of aliphatic imine (C=N–C) groups is 1. The molecule has 0 aromatic carbocycles. The van der Waals surface area contributed by atoms with E-state index in [9.17, 15) is 4.79 Å². The fraction of sp³-hybridized carbons (Fsp3) is 0.625. The zero-order valence-electron chi connectivity index (χ0n) is 12.5. The monoisotopic (exact) mass is 289 g/mol. The Morgan fingerprint density at radius 1 is 1.38 bits per heavy atom. The van der Waals surface area contributed by atoms with Gasteiger partial charge in [0, 0.05) is 6.04 Å². The van der Waals surface area contributed by atoms with Crippen LogP contribution in [0.4, 0.5) is 4.79 Å². The maximum Gasteiger partial charge on any atom is 0.346 e. The topological polar surface area (TPSA) is 57.8 Å². The minimum Gasteiger partial charge on any atom is -0.467 e. The number of hydrogen-bond acceptors (Lipinski definition) is 3. The molecule has 2 aliphatic rings. The molecule has 0 bridgehead atoms. The summed E-state index contributed by atoms with van der Waals surface area (Å²) in [6.07, 6.45) is 8.73. The van der Waals surface area contributed by atoms with Gasteiger partial charge in [-0.25, -0.2) is 4.79 Å². The highest BCUT2D eigenvalue weighted by Gasteiger charge is 2.35. The Bertz CT molecular complexity index is 504. The van der Waals surface area contributed by atoms with Crippen molar-refractivity contribution in [3.8, 4) is 0 Å². The lowest BCUT2D eigenvalue weighted by molar-refractivity contribution is 0.196. The number of amides is 2. The van der Waals surface area contributed by atoms with Crippen molar-refractivity contribution >= 4 is 11.9 Å². The molecule has 1 saturated carbocycles. The third-order valence-corrected chi connectivity index (χ3v) is 4.40. The SMILES string of the molecule is CCC1C(NC2CCCCC2)=NC(=O)N1Cc1ccco1. The van der Waals surface area contributed by atoms with Crippen molar-refractivity contribution in [3.05, 3.63) is 24.2 Å². The normalized spacial score (nSPS) is 23.5. The fourth-order valence-corrected chi connectivity index (χ4v) is 3.27. The van der Waals surface area contributed by atoms with Gasteiger partial charge in [-0.3, -0.25) is 0 Å². The third-order valence-electron chi connectivity index (χ3n) is 4.40. The van der Waals surface area contributed by atoms with Gasteiger partial charge in [0.25, 0.3) is 0 Å². The Kier molecular flexibility index (Phi) is 4.27. The summed E-state index contributed by atoms with van der Waals surface area (Å²) in [4.78, 5) is 18.2. The predicted octanol–water partition coefficient (Wildman–Crippen LogP) is 3.31. The highest BCUT2D eigenvalue weighted by atomic mass is 16.3. The molecule has 1 aromatic heterocycles. The number of amidine groups is 1. The second kappa shape index (κ2) is 6.33. The molecular weight excluding hydrogens is 266 g/mol. The molecule has 1 atom stereocenters. The van der Waals surface area contributed by atoms with Crippen molar-refractivity contribution in [2.24, 2.45) is 4.99 Å². The summed E-state index contributed by atoms with van der Waals surface area (Å²) in [7, 11) is 0. The van der Waals surface area contributed by atoms with Gasteiger partial charge >= 0.3 is 6.03 Å². The molecule has 5 nitrogen and oxygen atoms in total. The first-order chi connectivity index (χ1) is 10.3. The van der Waals surface area contributed by atoms with Crippen molar-refractivity contribution in [1.29, 1.82) is 0 Å². The Balaban J connectivity index is 1.67. The highest BCUT2D eigenvalue weighted by Crippen LogP contribution is 2.22. The van der Waals surface area contributed by atoms with Crippen LogP contribution in [0, 0.1) is 0 Å². The summed E-state index contributed by atoms with van der Waals surface area (Å²) in [5, 5.41) is 3.52. The number of nitrogens with zero attached hydrogens (tertiary/aromatic N) is 2. The first kappa shape index (κ1) is 14.2. The van der Waals surface area contributed by atoms with Crippen molar-refractivity contribution in [2.75, 3.05) is 0 Å². The van der Waals surface area contributed by atoms with Crippen LogP contribution >= 0.6 is 0 Å². The number of carbonyl (C=O) groups is 1. The van der Waals surface area contributed by atoms with Crippen molar-refractivity contribution in [3.63, 3.8) is 0 Å². The second-order valence-corrected chi connectivity index (χ2v) is 5.89. The number of carbonyl (C=O) groups excluding carboxylic acids is 1. The van der Waals surface area contributed by atoms with Crippen LogP contribution in [-0.4, -0.2) is 28.9 Å². The molecule has 1 aromatic rings. The Morgan fingerprint density at radius 3 is 2.86 bits per heavy atom. The Morgan fingerprint density at radius 2 is 2.19 bits per heavy atom. The van der Waals surface area contributed by atoms with E-state index in [0.717, 1.165) is 18.0 Å². The lowest BCUT2D eigenvalue weighted by Crippen LogP contribution is -2.45. The molecule has 5 heteroatoms. The molecule has 1 aliphatic heterocycles. The van der Waals surface area contributed by atoms with Gasteiger partial charge in [0.1, 0.15) is 11.6 Å². The predicted molar refractivity (Wildman–Crippen MR) is 81.2 cm³/mol. The van der Waals surface area contributed by atoms with Crippen LogP contribution in [0.15, 0.2) is 27.8 Å². The van der Waals surface area contributed by atoms with Crippen molar-refractivity contribution < 1.29 is 9.21 Å². The van der Waals surface area contributed by atoms with E-state index in [0.29, 0.717) is 12.6 Å². The molecular formula is C16H23N3O2. The molecule has 2 heterocycles. The van der Waals surface area contributed by atoms with Crippen LogP contribution in [0.25, 0.3) is 0 Å². The maximum absolute atomic E-state index is 12.2. The van der Waals surface area contributed by atoms with E-state index < -0.39 is 0 Å². The largest absolute Gasteiger partial charge is 0.467 e. The van der Waals surface area contributed by atoms with E-state index in [4.69, 9.17) is 4.42 Å². The number of rotatable bonds is 4. The van der Waals surface area contributed by atoms with Gasteiger partial charge in [-0.15, -0.1) is 0 Å². The molecule has 0 radical (unpaired) electrons. The molecule has 3 rings (SSSR count). The van der Waals surface area contributed by atoms with Gasteiger partial charge in [-0.2, -0.15) is 4.99 Å². The second-order valence-electron chi connectivity index (χ2n) is 5.89. The third kappa shape index (κ3) is 3.12. The molecule has 0 saturated heterocycles. The molecule has 1 aliphatic carbocycles. The quantitative estimate of drug-likeness (QED) is 0.925. The van der Waals surface area contributed by atoms with Gasteiger partial charge < -0.3 is 14.6 Å². The zero-order chi connectivity index (χ0) is 14.7. The summed E-state index contributed by atoms with van der Waals surface area (Å²) in [6.45, 7) is 2.58. The van der Waals surface area contributed by atoms with Gasteiger partial charge in [-0.05, 0) is 31.4 Å². The molecule has 1 unspecified atom stereocenters. The molecule has 2 amide bonds. The smallest absolute Gasteiger partial charge is 0.346 e. The van der Waals surface area contributed by atoms with E-state index in [2.05, 4.69) is 17.2 Å². The lowest BCUT2D eigenvalue weighted by Gasteiger charge is -2.28. The number of furan rings is 1. The van der Waals surface area contributed by atoms with Gasteiger partial charge in [0.2, 0.25) is 0 Å². The van der Waals surface area contributed by atoms with E-state index in [1.165, 1.54) is 32.1 Å². The van der Waals surface area contributed by atoms with E-state index in [1.807, 2.05) is 12.1 Å². The number of urea groups is 1. The molecule has 114 valence electrons. The summed E-state index contributed by atoms with van der Waals surface area (Å²) >= 11 is 0. The summed E-state index contributed by atoms with van der Waals surface area (Å²) in [5.74, 6) is 1.65. The zero-order valence-corrected chi connectivity index (χ0v) is 12.5. The fourth-order valence-electron chi connectivity index (χ4n) is 3.27. The highest BCUT2D eigenvalue weighted by molar-refractivity contribution is 6.03. The minimum atomic E-state index is -0.156. The van der Waals surface area contributed by atoms with Crippen LogP contribution in [0.5, 0.6) is 0 Å². The first-order valence-electron chi connectivity index (χ1n) is 7.96.